The summed E-state index contributed by atoms with van der Waals surface area (Å²) in [7, 11) is 0. The maximum atomic E-state index is 13.1. The molecule has 1 aromatic heterocycles. The number of benzene rings is 1. The van der Waals surface area contributed by atoms with Crippen LogP contribution in [-0.4, -0.2) is 53.5 Å². The van der Waals surface area contributed by atoms with Gasteiger partial charge in [-0.2, -0.15) is 0 Å². The number of carbonyl (C=O) groups excluding carboxylic acids is 1. The molecule has 7 heteroatoms. The van der Waals surface area contributed by atoms with E-state index in [2.05, 4.69) is 34.0 Å². The van der Waals surface area contributed by atoms with Crippen LogP contribution in [0.1, 0.15) is 30.0 Å². The predicted molar refractivity (Wildman–Crippen MR) is 105 cm³/mol. The molecule has 0 saturated carbocycles. The molecular weight excluding hydrogens is 345 g/mol. The summed E-state index contributed by atoms with van der Waals surface area (Å²) >= 11 is 0. The van der Waals surface area contributed by atoms with Gasteiger partial charge < -0.3 is 15.1 Å². The predicted octanol–water partition coefficient (Wildman–Crippen LogP) is 2.95. The number of halogens is 1. The minimum atomic E-state index is -0.242. The Morgan fingerprint density at radius 2 is 1.81 bits per heavy atom. The van der Waals surface area contributed by atoms with E-state index in [1.54, 1.807) is 18.2 Å². The summed E-state index contributed by atoms with van der Waals surface area (Å²) in [6, 6.07) is 8.19. The number of hydrogen-bond acceptors (Lipinski definition) is 5. The number of nitrogens with zero attached hydrogens (tertiary/aromatic N) is 4. The van der Waals surface area contributed by atoms with Crippen LogP contribution in [-0.2, 0) is 0 Å². The first-order valence-electron chi connectivity index (χ1n) is 9.31. The van der Waals surface area contributed by atoms with Crippen molar-refractivity contribution in [1.29, 1.82) is 0 Å². The van der Waals surface area contributed by atoms with Crippen LogP contribution in [0.2, 0.25) is 0 Å². The van der Waals surface area contributed by atoms with Gasteiger partial charge in [-0.3, -0.25) is 4.79 Å². The highest BCUT2D eigenvalue weighted by Gasteiger charge is 2.24. The van der Waals surface area contributed by atoms with Gasteiger partial charge in [0, 0.05) is 44.1 Å². The number of nitrogens with one attached hydrogen (secondary N) is 1. The molecule has 1 saturated heterocycles. The number of aryl methyl sites for hydroxylation is 1. The van der Waals surface area contributed by atoms with Crippen molar-refractivity contribution >= 4 is 17.5 Å². The molecule has 1 aliphatic rings. The second kappa shape index (κ2) is 8.33. The zero-order valence-corrected chi connectivity index (χ0v) is 16.1. The molecule has 0 bridgehead atoms. The summed E-state index contributed by atoms with van der Waals surface area (Å²) in [5, 5.41) is 3.18. The first-order valence-corrected chi connectivity index (χ1v) is 9.31. The number of aromatic nitrogens is 2. The Morgan fingerprint density at radius 1 is 1.15 bits per heavy atom. The Kier molecular flexibility index (Phi) is 5.88. The first kappa shape index (κ1) is 19.1. The normalized spacial score (nSPS) is 14.6. The second-order valence-electron chi connectivity index (χ2n) is 7.25. The number of piperazine rings is 1. The van der Waals surface area contributed by atoms with Gasteiger partial charge in [-0.15, -0.1) is 0 Å². The zero-order valence-electron chi connectivity index (χ0n) is 16.1. The summed E-state index contributed by atoms with van der Waals surface area (Å²) in [6.45, 7) is 9.46. The lowest BCUT2D eigenvalue weighted by molar-refractivity contribution is 0.0740. The van der Waals surface area contributed by atoms with Crippen LogP contribution >= 0.6 is 0 Å². The van der Waals surface area contributed by atoms with Crippen LogP contribution in [0.15, 0.2) is 30.3 Å². The molecule has 0 atom stereocenters. The molecule has 0 aliphatic carbocycles. The minimum Gasteiger partial charge on any atom is -0.368 e. The van der Waals surface area contributed by atoms with Crippen LogP contribution in [0.3, 0.4) is 0 Å². The van der Waals surface area contributed by atoms with Crippen LogP contribution in [0.4, 0.5) is 16.0 Å². The highest BCUT2D eigenvalue weighted by molar-refractivity contribution is 5.92. The van der Waals surface area contributed by atoms with Gasteiger partial charge in [0.2, 0.25) is 5.95 Å². The maximum absolute atomic E-state index is 13.1. The molecule has 0 unspecified atom stereocenters. The monoisotopic (exact) mass is 371 g/mol. The Hall–Kier alpha value is -2.70. The van der Waals surface area contributed by atoms with Crippen LogP contribution in [0, 0.1) is 18.7 Å². The molecule has 3 rings (SSSR count). The van der Waals surface area contributed by atoms with E-state index in [0.717, 1.165) is 17.9 Å². The van der Waals surface area contributed by atoms with Gasteiger partial charge in [-0.25, -0.2) is 14.4 Å². The summed E-state index contributed by atoms with van der Waals surface area (Å²) in [6.07, 6.45) is 0. The fourth-order valence-electron chi connectivity index (χ4n) is 3.03. The van der Waals surface area contributed by atoms with E-state index in [-0.39, 0.29) is 11.7 Å². The molecule has 1 aromatic carbocycles. The Morgan fingerprint density at radius 3 is 2.44 bits per heavy atom. The average molecular weight is 371 g/mol. The molecule has 0 radical (unpaired) electrons. The van der Waals surface area contributed by atoms with E-state index >= 15 is 0 Å². The Balaban J connectivity index is 1.64. The lowest BCUT2D eigenvalue weighted by Gasteiger charge is -2.36. The minimum absolute atomic E-state index is 0.0770. The van der Waals surface area contributed by atoms with E-state index in [9.17, 15) is 9.18 Å². The fraction of sp³-hybridized carbons (Fsp3) is 0.450. The Bertz CT molecular complexity index is 785. The van der Waals surface area contributed by atoms with Crippen LogP contribution < -0.4 is 10.2 Å². The number of rotatable bonds is 5. The summed E-state index contributed by atoms with van der Waals surface area (Å²) in [4.78, 5) is 25.6. The highest BCUT2D eigenvalue weighted by atomic mass is 19.1. The van der Waals surface area contributed by atoms with Gasteiger partial charge in [0.05, 0.1) is 0 Å². The second-order valence-corrected chi connectivity index (χ2v) is 7.25. The largest absolute Gasteiger partial charge is 0.368 e. The summed E-state index contributed by atoms with van der Waals surface area (Å²) in [5.41, 5.74) is 2.16. The van der Waals surface area contributed by atoms with Crippen LogP contribution in [0.25, 0.3) is 0 Å². The number of anilines is 2. The van der Waals surface area contributed by atoms with Gasteiger partial charge in [0.15, 0.2) is 0 Å². The van der Waals surface area contributed by atoms with Crippen LogP contribution in [0.5, 0.6) is 0 Å². The lowest BCUT2D eigenvalue weighted by atomic mass is 10.2. The SMILES string of the molecule is Cc1cc(C(=O)N2CCN(c3ccc(F)cc3)CC2)nc(NCC(C)C)n1. The molecule has 1 N–H and O–H groups in total. The molecule has 1 fully saturated rings. The molecule has 144 valence electrons. The summed E-state index contributed by atoms with van der Waals surface area (Å²) < 4.78 is 13.1. The number of hydrogen-bond donors (Lipinski definition) is 1. The summed E-state index contributed by atoms with van der Waals surface area (Å²) in [5.74, 6) is 0.644. The van der Waals surface area contributed by atoms with E-state index < -0.39 is 0 Å². The van der Waals surface area contributed by atoms with Gasteiger partial charge in [-0.05, 0) is 43.2 Å². The van der Waals surface area contributed by atoms with E-state index in [0.29, 0.717) is 43.7 Å². The topological polar surface area (TPSA) is 61.4 Å². The fourth-order valence-corrected chi connectivity index (χ4v) is 3.03. The number of amides is 1. The van der Waals surface area contributed by atoms with Crippen molar-refractivity contribution < 1.29 is 9.18 Å². The highest BCUT2D eigenvalue weighted by Crippen LogP contribution is 2.18. The zero-order chi connectivity index (χ0) is 19.4. The van der Waals surface area contributed by atoms with Crippen molar-refractivity contribution in [2.45, 2.75) is 20.8 Å². The third-order valence-corrected chi connectivity index (χ3v) is 4.50. The average Bonchev–Trinajstić information content (AvgIpc) is 2.66. The van der Waals surface area contributed by atoms with Gasteiger partial charge >= 0.3 is 0 Å². The van der Waals surface area contributed by atoms with Crippen molar-refractivity contribution in [3.8, 4) is 0 Å². The van der Waals surface area contributed by atoms with Crippen molar-refractivity contribution in [2.24, 2.45) is 5.92 Å². The van der Waals surface area contributed by atoms with Crippen molar-refractivity contribution in [3.05, 3.63) is 47.5 Å². The molecular formula is C20H26FN5O. The third kappa shape index (κ3) is 4.93. The van der Waals surface area contributed by atoms with Crippen molar-refractivity contribution in [2.75, 3.05) is 42.9 Å². The standard InChI is InChI=1S/C20H26FN5O/c1-14(2)13-22-20-23-15(3)12-18(24-20)19(27)26-10-8-25(9-11-26)17-6-4-16(21)5-7-17/h4-7,12,14H,8-11,13H2,1-3H3,(H,22,23,24). The molecule has 27 heavy (non-hydrogen) atoms. The van der Waals surface area contributed by atoms with Gasteiger partial charge in [-0.1, -0.05) is 13.8 Å². The molecule has 6 nitrogen and oxygen atoms in total. The third-order valence-electron chi connectivity index (χ3n) is 4.50. The molecule has 2 aromatic rings. The van der Waals surface area contributed by atoms with Gasteiger partial charge in [0.1, 0.15) is 11.5 Å². The number of carbonyl (C=O) groups is 1. The van der Waals surface area contributed by atoms with Crippen molar-refractivity contribution in [1.82, 2.24) is 14.9 Å². The molecule has 2 heterocycles. The smallest absolute Gasteiger partial charge is 0.272 e. The Labute approximate surface area is 159 Å². The molecule has 1 amide bonds. The molecule has 0 spiro atoms. The van der Waals surface area contributed by atoms with E-state index in [1.807, 2.05) is 11.8 Å². The molecule has 1 aliphatic heterocycles. The van der Waals surface area contributed by atoms with E-state index in [4.69, 9.17) is 0 Å². The van der Waals surface area contributed by atoms with E-state index in [1.165, 1.54) is 12.1 Å². The maximum Gasteiger partial charge on any atom is 0.272 e. The van der Waals surface area contributed by atoms with Gasteiger partial charge in [0.25, 0.3) is 5.91 Å². The first-order chi connectivity index (χ1) is 12.9. The van der Waals surface area contributed by atoms with Crippen molar-refractivity contribution in [3.63, 3.8) is 0 Å². The quantitative estimate of drug-likeness (QED) is 0.876. The lowest BCUT2D eigenvalue weighted by Crippen LogP contribution is -2.49.